The van der Waals surface area contributed by atoms with Crippen LogP contribution in [0.3, 0.4) is 0 Å². The van der Waals surface area contributed by atoms with Crippen LogP contribution in [0.4, 0.5) is 13.6 Å². The quantitative estimate of drug-likeness (QED) is 0.887. The first-order valence-corrected chi connectivity index (χ1v) is 9.39. The topological polar surface area (TPSA) is 38.8 Å². The van der Waals surface area contributed by atoms with Crippen molar-refractivity contribution in [2.75, 3.05) is 52.9 Å². The number of nitrogens with one attached hydrogen (secondary N) is 1. The van der Waals surface area contributed by atoms with Gasteiger partial charge in [0, 0.05) is 57.9 Å². The van der Waals surface area contributed by atoms with Gasteiger partial charge in [-0.1, -0.05) is 12.1 Å². The fraction of sp³-hybridized carbons (Fsp3) is 0.632. The lowest BCUT2D eigenvalue weighted by Gasteiger charge is -2.38. The maximum absolute atomic E-state index is 13.7. The number of benzene rings is 1. The molecule has 1 aromatic carbocycles. The average molecular weight is 366 g/mol. The van der Waals surface area contributed by atoms with Crippen LogP contribution in [0.15, 0.2) is 18.2 Å². The van der Waals surface area contributed by atoms with Crippen molar-refractivity contribution < 1.29 is 13.6 Å². The van der Waals surface area contributed by atoms with Gasteiger partial charge >= 0.3 is 6.03 Å². The maximum Gasteiger partial charge on any atom is 0.317 e. The van der Waals surface area contributed by atoms with Gasteiger partial charge in [-0.25, -0.2) is 13.6 Å². The summed E-state index contributed by atoms with van der Waals surface area (Å²) in [5, 5.41) is 2.73. The third-order valence-electron chi connectivity index (χ3n) is 5.38. The monoisotopic (exact) mass is 366 g/mol. The van der Waals surface area contributed by atoms with Crippen LogP contribution in [0.2, 0.25) is 0 Å². The van der Waals surface area contributed by atoms with Crippen molar-refractivity contribution in [3.8, 4) is 0 Å². The molecule has 0 aliphatic carbocycles. The summed E-state index contributed by atoms with van der Waals surface area (Å²) in [6, 6.07) is 3.82. The highest BCUT2D eigenvalue weighted by Crippen LogP contribution is 2.19. The van der Waals surface area contributed by atoms with Crippen molar-refractivity contribution in [2.45, 2.75) is 19.4 Å². The number of carbonyl (C=O) groups excluding carboxylic acids is 1. The number of likely N-dealkylation sites (N-methyl/N-ethyl adjacent to an activating group) is 1. The Bertz CT molecular complexity index is 620. The molecule has 5 nitrogen and oxygen atoms in total. The molecule has 1 N–H and O–H groups in total. The molecule has 2 amide bonds. The Hall–Kier alpha value is -1.73. The SMILES string of the molecule is CN1CCN(C[C@@H]2CCCN(C(=O)NCc3cccc(F)c3F)C2)CC1. The van der Waals surface area contributed by atoms with Crippen LogP contribution in [0.25, 0.3) is 0 Å². The predicted octanol–water partition coefficient (Wildman–Crippen LogP) is 2.13. The third-order valence-corrected chi connectivity index (χ3v) is 5.38. The number of carbonyl (C=O) groups is 1. The molecule has 2 fully saturated rings. The minimum atomic E-state index is -0.889. The first kappa shape index (κ1) is 19.0. The summed E-state index contributed by atoms with van der Waals surface area (Å²) in [5.74, 6) is -1.30. The molecule has 2 aliphatic heterocycles. The van der Waals surface area contributed by atoms with Gasteiger partial charge < -0.3 is 20.0 Å². The van der Waals surface area contributed by atoms with Gasteiger partial charge in [0.05, 0.1) is 0 Å². The highest BCUT2D eigenvalue weighted by atomic mass is 19.2. The van der Waals surface area contributed by atoms with Crippen LogP contribution in [-0.4, -0.2) is 73.6 Å². The molecule has 7 heteroatoms. The fourth-order valence-electron chi connectivity index (χ4n) is 3.76. The van der Waals surface area contributed by atoms with Gasteiger partial charge in [-0.15, -0.1) is 0 Å². The number of amides is 2. The summed E-state index contributed by atoms with van der Waals surface area (Å²) >= 11 is 0. The molecule has 1 aromatic rings. The van der Waals surface area contributed by atoms with E-state index in [4.69, 9.17) is 0 Å². The summed E-state index contributed by atoms with van der Waals surface area (Å²) in [7, 11) is 2.14. The largest absolute Gasteiger partial charge is 0.334 e. The Balaban J connectivity index is 1.47. The second kappa shape index (κ2) is 8.77. The van der Waals surface area contributed by atoms with E-state index in [-0.39, 0.29) is 18.1 Å². The van der Waals surface area contributed by atoms with Crippen LogP contribution in [0.1, 0.15) is 18.4 Å². The summed E-state index contributed by atoms with van der Waals surface area (Å²) in [6.45, 7) is 6.82. The van der Waals surface area contributed by atoms with E-state index < -0.39 is 11.6 Å². The first-order valence-electron chi connectivity index (χ1n) is 9.39. The molecular weight excluding hydrogens is 338 g/mol. The molecule has 0 radical (unpaired) electrons. The predicted molar refractivity (Wildman–Crippen MR) is 96.8 cm³/mol. The van der Waals surface area contributed by atoms with E-state index in [1.54, 1.807) is 4.90 Å². The number of rotatable bonds is 4. The second-order valence-corrected chi connectivity index (χ2v) is 7.43. The van der Waals surface area contributed by atoms with Gasteiger partial charge in [0.1, 0.15) is 0 Å². The van der Waals surface area contributed by atoms with E-state index in [1.165, 1.54) is 12.1 Å². The summed E-state index contributed by atoms with van der Waals surface area (Å²) in [5.41, 5.74) is 0.171. The number of hydrogen-bond donors (Lipinski definition) is 1. The molecule has 0 unspecified atom stereocenters. The van der Waals surface area contributed by atoms with Crippen LogP contribution in [0, 0.1) is 17.6 Å². The molecule has 0 saturated carbocycles. The normalized spacial score (nSPS) is 22.4. The number of nitrogens with zero attached hydrogens (tertiary/aromatic N) is 3. The van der Waals surface area contributed by atoms with E-state index in [0.29, 0.717) is 5.92 Å². The Morgan fingerprint density at radius 2 is 1.96 bits per heavy atom. The first-order chi connectivity index (χ1) is 12.5. The third kappa shape index (κ3) is 4.92. The number of urea groups is 1. The molecule has 1 atom stereocenters. The molecule has 2 heterocycles. The zero-order valence-electron chi connectivity index (χ0n) is 15.4. The van der Waals surface area contributed by atoms with Crippen molar-refractivity contribution in [3.63, 3.8) is 0 Å². The maximum atomic E-state index is 13.7. The lowest BCUT2D eigenvalue weighted by atomic mass is 9.97. The number of piperazine rings is 1. The van der Waals surface area contributed by atoms with Crippen LogP contribution in [-0.2, 0) is 6.54 Å². The van der Waals surface area contributed by atoms with Crippen molar-refractivity contribution in [2.24, 2.45) is 5.92 Å². The van der Waals surface area contributed by atoms with Crippen LogP contribution < -0.4 is 5.32 Å². The van der Waals surface area contributed by atoms with Crippen molar-refractivity contribution in [3.05, 3.63) is 35.4 Å². The van der Waals surface area contributed by atoms with E-state index in [0.717, 1.165) is 64.7 Å². The molecule has 144 valence electrons. The van der Waals surface area contributed by atoms with Gasteiger partial charge in [0.2, 0.25) is 0 Å². The van der Waals surface area contributed by atoms with E-state index in [2.05, 4.69) is 22.2 Å². The van der Waals surface area contributed by atoms with E-state index >= 15 is 0 Å². The van der Waals surface area contributed by atoms with Crippen LogP contribution >= 0.6 is 0 Å². The number of hydrogen-bond acceptors (Lipinski definition) is 3. The Labute approximate surface area is 153 Å². The minimum Gasteiger partial charge on any atom is -0.334 e. The lowest BCUT2D eigenvalue weighted by Crippen LogP contribution is -2.50. The molecule has 2 aliphatic rings. The standard InChI is InChI=1S/C19H28F2N4O/c1-23-8-10-24(11-9-23)13-15-4-3-7-25(14-15)19(26)22-12-16-5-2-6-17(20)18(16)21/h2,5-6,15H,3-4,7-14H2,1H3,(H,22,26)/t15-/m0/s1. The summed E-state index contributed by atoms with van der Waals surface area (Å²) in [6.07, 6.45) is 2.12. The van der Waals surface area contributed by atoms with Gasteiger partial charge in [-0.05, 0) is 31.9 Å². The summed E-state index contributed by atoms with van der Waals surface area (Å²) < 4.78 is 26.9. The van der Waals surface area contributed by atoms with Gasteiger partial charge in [0.15, 0.2) is 11.6 Å². The molecule has 26 heavy (non-hydrogen) atoms. The molecule has 2 saturated heterocycles. The zero-order chi connectivity index (χ0) is 18.5. The van der Waals surface area contributed by atoms with E-state index in [9.17, 15) is 13.6 Å². The molecular formula is C19H28F2N4O. The van der Waals surface area contributed by atoms with Crippen molar-refractivity contribution >= 4 is 6.03 Å². The lowest BCUT2D eigenvalue weighted by molar-refractivity contribution is 0.106. The minimum absolute atomic E-state index is 0.00204. The van der Waals surface area contributed by atoms with E-state index in [1.807, 2.05) is 0 Å². The summed E-state index contributed by atoms with van der Waals surface area (Å²) in [4.78, 5) is 19.1. The van der Waals surface area contributed by atoms with Crippen molar-refractivity contribution in [1.29, 1.82) is 0 Å². The Morgan fingerprint density at radius 1 is 1.19 bits per heavy atom. The molecule has 0 aromatic heterocycles. The highest BCUT2D eigenvalue weighted by molar-refractivity contribution is 5.74. The highest BCUT2D eigenvalue weighted by Gasteiger charge is 2.26. The average Bonchev–Trinajstić information content (AvgIpc) is 2.65. The number of halogens is 2. The molecule has 0 spiro atoms. The fourth-order valence-corrected chi connectivity index (χ4v) is 3.76. The van der Waals surface area contributed by atoms with Gasteiger partial charge in [-0.3, -0.25) is 0 Å². The smallest absolute Gasteiger partial charge is 0.317 e. The number of piperidine rings is 1. The van der Waals surface area contributed by atoms with Crippen LogP contribution in [0.5, 0.6) is 0 Å². The van der Waals surface area contributed by atoms with Gasteiger partial charge in [-0.2, -0.15) is 0 Å². The van der Waals surface area contributed by atoms with Gasteiger partial charge in [0.25, 0.3) is 0 Å². The second-order valence-electron chi connectivity index (χ2n) is 7.43. The van der Waals surface area contributed by atoms with Crippen molar-refractivity contribution in [1.82, 2.24) is 20.0 Å². The molecule has 3 rings (SSSR count). The zero-order valence-corrected chi connectivity index (χ0v) is 15.4. The number of likely N-dealkylation sites (tertiary alicyclic amines) is 1. The Kier molecular flexibility index (Phi) is 6.43. The Morgan fingerprint density at radius 3 is 2.73 bits per heavy atom. The molecule has 0 bridgehead atoms.